The summed E-state index contributed by atoms with van der Waals surface area (Å²) >= 11 is 0. The lowest BCUT2D eigenvalue weighted by molar-refractivity contribution is -0.114. The normalized spacial score (nSPS) is 10.6. The second-order valence-corrected chi connectivity index (χ2v) is 5.42. The lowest BCUT2D eigenvalue weighted by atomic mass is 10.1. The van der Waals surface area contributed by atoms with E-state index in [0.29, 0.717) is 24.3 Å². The van der Waals surface area contributed by atoms with Crippen LogP contribution in [0.1, 0.15) is 29.8 Å². The maximum atomic E-state index is 12.6. The second-order valence-electron chi connectivity index (χ2n) is 5.42. The van der Waals surface area contributed by atoms with E-state index in [1.807, 2.05) is 49.4 Å². The number of likely N-dealkylation sites (N-methyl/N-ethyl adjacent to an activating group) is 1. The minimum absolute atomic E-state index is 0.0235. The molecule has 2 amide bonds. The molecule has 0 aliphatic heterocycles. The molecular formula is C20H22N2O2. The molecule has 0 heterocycles. The largest absolute Gasteiger partial charge is 0.335 e. The summed E-state index contributed by atoms with van der Waals surface area (Å²) < 4.78 is 0. The van der Waals surface area contributed by atoms with Crippen molar-refractivity contribution in [2.75, 3.05) is 18.4 Å². The zero-order valence-corrected chi connectivity index (χ0v) is 14.0. The Morgan fingerprint density at radius 1 is 1.04 bits per heavy atom. The molecule has 1 N–H and O–H groups in total. The number of nitrogens with one attached hydrogen (secondary N) is 1. The first kappa shape index (κ1) is 17.5. The van der Waals surface area contributed by atoms with Crippen LogP contribution in [-0.2, 0) is 4.79 Å². The van der Waals surface area contributed by atoms with Gasteiger partial charge < -0.3 is 10.2 Å². The highest BCUT2D eigenvalue weighted by atomic mass is 16.2. The third-order valence-corrected chi connectivity index (χ3v) is 3.56. The summed E-state index contributed by atoms with van der Waals surface area (Å²) in [6, 6.07) is 16.9. The molecule has 0 atom stereocenters. The van der Waals surface area contributed by atoms with E-state index in [1.165, 1.54) is 6.92 Å². The Hall–Kier alpha value is -2.88. The summed E-state index contributed by atoms with van der Waals surface area (Å²) in [7, 11) is 0. The molecule has 0 aliphatic rings. The van der Waals surface area contributed by atoms with Crippen LogP contribution in [0, 0.1) is 0 Å². The summed E-state index contributed by atoms with van der Waals surface area (Å²) in [6.07, 6.45) is 4.00. The van der Waals surface area contributed by atoms with Gasteiger partial charge in [0.05, 0.1) is 0 Å². The molecule has 2 aromatic carbocycles. The van der Waals surface area contributed by atoms with Crippen molar-refractivity contribution in [1.29, 1.82) is 0 Å². The third kappa shape index (κ3) is 5.09. The first-order chi connectivity index (χ1) is 11.6. The van der Waals surface area contributed by atoms with E-state index in [1.54, 1.807) is 29.2 Å². The number of hydrogen-bond acceptors (Lipinski definition) is 2. The lowest BCUT2D eigenvalue weighted by Gasteiger charge is -2.19. The predicted molar refractivity (Wildman–Crippen MR) is 97.8 cm³/mol. The van der Waals surface area contributed by atoms with E-state index >= 15 is 0 Å². The molecular weight excluding hydrogens is 300 g/mol. The molecule has 0 spiro atoms. The zero-order chi connectivity index (χ0) is 17.4. The maximum absolute atomic E-state index is 12.6. The van der Waals surface area contributed by atoms with E-state index in [0.717, 1.165) is 5.56 Å². The van der Waals surface area contributed by atoms with Crippen LogP contribution in [0.4, 0.5) is 5.69 Å². The highest BCUT2D eigenvalue weighted by molar-refractivity contribution is 5.95. The van der Waals surface area contributed by atoms with Gasteiger partial charge in [0.25, 0.3) is 5.91 Å². The Labute approximate surface area is 142 Å². The first-order valence-corrected chi connectivity index (χ1v) is 7.98. The van der Waals surface area contributed by atoms with Gasteiger partial charge >= 0.3 is 0 Å². The fourth-order valence-corrected chi connectivity index (χ4v) is 2.32. The fraction of sp³-hybridized carbons (Fsp3) is 0.200. The van der Waals surface area contributed by atoms with E-state index in [-0.39, 0.29) is 11.8 Å². The van der Waals surface area contributed by atoms with Crippen LogP contribution < -0.4 is 5.32 Å². The predicted octanol–water partition coefficient (Wildman–Crippen LogP) is 3.82. The minimum atomic E-state index is -0.129. The Bertz CT molecular complexity index is 706. The molecule has 0 aromatic heterocycles. The molecule has 0 saturated heterocycles. The van der Waals surface area contributed by atoms with E-state index in [4.69, 9.17) is 0 Å². The Kier molecular flexibility index (Phi) is 6.32. The van der Waals surface area contributed by atoms with Crippen LogP contribution in [0.2, 0.25) is 0 Å². The molecule has 124 valence electrons. The molecule has 0 saturated carbocycles. The molecule has 0 bridgehead atoms. The van der Waals surface area contributed by atoms with Gasteiger partial charge in [-0.1, -0.05) is 42.5 Å². The van der Waals surface area contributed by atoms with Crippen molar-refractivity contribution in [2.24, 2.45) is 0 Å². The van der Waals surface area contributed by atoms with Gasteiger partial charge in [-0.05, 0) is 36.8 Å². The quantitative estimate of drug-likeness (QED) is 0.879. The van der Waals surface area contributed by atoms with Gasteiger partial charge in [-0.3, -0.25) is 9.59 Å². The average Bonchev–Trinajstić information content (AvgIpc) is 2.59. The fourth-order valence-electron chi connectivity index (χ4n) is 2.32. The Balaban J connectivity index is 2.00. The van der Waals surface area contributed by atoms with Gasteiger partial charge in [-0.15, -0.1) is 0 Å². The van der Waals surface area contributed by atoms with Crippen LogP contribution >= 0.6 is 0 Å². The number of rotatable bonds is 6. The van der Waals surface area contributed by atoms with Crippen molar-refractivity contribution in [2.45, 2.75) is 13.8 Å². The van der Waals surface area contributed by atoms with Crippen molar-refractivity contribution >= 4 is 23.6 Å². The summed E-state index contributed by atoms with van der Waals surface area (Å²) in [5.41, 5.74) is 2.41. The highest BCUT2D eigenvalue weighted by Crippen LogP contribution is 2.12. The van der Waals surface area contributed by atoms with E-state index < -0.39 is 0 Å². The first-order valence-electron chi connectivity index (χ1n) is 7.98. The van der Waals surface area contributed by atoms with Crippen LogP contribution in [0.25, 0.3) is 6.08 Å². The number of nitrogens with zero attached hydrogens (tertiary/aromatic N) is 1. The highest BCUT2D eigenvalue weighted by Gasteiger charge is 2.12. The number of hydrogen-bond donors (Lipinski definition) is 1. The standard InChI is InChI=1S/C20H22N2O2/c1-3-22(15-7-10-17-8-5-4-6-9-17)20(24)18-11-13-19(14-12-18)21-16(2)23/h4-14H,3,15H2,1-2H3,(H,21,23). The number of anilines is 1. The molecule has 4 nitrogen and oxygen atoms in total. The molecule has 4 heteroatoms. The number of benzene rings is 2. The van der Waals surface area contributed by atoms with Crippen LogP contribution in [0.3, 0.4) is 0 Å². The van der Waals surface area contributed by atoms with Crippen LogP contribution in [-0.4, -0.2) is 29.8 Å². The van der Waals surface area contributed by atoms with Gasteiger partial charge in [-0.2, -0.15) is 0 Å². The van der Waals surface area contributed by atoms with Gasteiger partial charge in [0.2, 0.25) is 5.91 Å². The average molecular weight is 322 g/mol. The van der Waals surface area contributed by atoms with E-state index in [9.17, 15) is 9.59 Å². The lowest BCUT2D eigenvalue weighted by Crippen LogP contribution is -2.30. The smallest absolute Gasteiger partial charge is 0.254 e. The van der Waals surface area contributed by atoms with Gasteiger partial charge in [-0.25, -0.2) is 0 Å². The Morgan fingerprint density at radius 2 is 1.71 bits per heavy atom. The van der Waals surface area contributed by atoms with E-state index in [2.05, 4.69) is 5.32 Å². The monoisotopic (exact) mass is 322 g/mol. The summed E-state index contributed by atoms with van der Waals surface area (Å²) in [5, 5.41) is 2.69. The second kappa shape index (κ2) is 8.67. The molecule has 0 unspecified atom stereocenters. The minimum Gasteiger partial charge on any atom is -0.335 e. The third-order valence-electron chi connectivity index (χ3n) is 3.56. The van der Waals surface area contributed by atoms with Crippen molar-refractivity contribution in [3.8, 4) is 0 Å². The van der Waals surface area contributed by atoms with Gasteiger partial charge in [0.1, 0.15) is 0 Å². The van der Waals surface area contributed by atoms with Crippen molar-refractivity contribution in [3.05, 3.63) is 71.8 Å². The van der Waals surface area contributed by atoms with Crippen molar-refractivity contribution in [1.82, 2.24) is 4.90 Å². The van der Waals surface area contributed by atoms with Gasteiger partial charge in [0.15, 0.2) is 0 Å². The molecule has 2 aromatic rings. The summed E-state index contributed by atoms with van der Waals surface area (Å²) in [5.74, 6) is -0.153. The van der Waals surface area contributed by atoms with Crippen LogP contribution in [0.15, 0.2) is 60.7 Å². The molecule has 2 rings (SSSR count). The molecule has 0 radical (unpaired) electrons. The maximum Gasteiger partial charge on any atom is 0.254 e. The van der Waals surface area contributed by atoms with Crippen molar-refractivity contribution in [3.63, 3.8) is 0 Å². The Morgan fingerprint density at radius 3 is 2.29 bits per heavy atom. The zero-order valence-electron chi connectivity index (χ0n) is 14.0. The van der Waals surface area contributed by atoms with Gasteiger partial charge in [0, 0.05) is 31.3 Å². The summed E-state index contributed by atoms with van der Waals surface area (Å²) in [6.45, 7) is 4.60. The summed E-state index contributed by atoms with van der Waals surface area (Å²) in [4.78, 5) is 25.4. The SMILES string of the molecule is CCN(CC=Cc1ccccc1)C(=O)c1ccc(NC(C)=O)cc1. The molecule has 0 fully saturated rings. The van der Waals surface area contributed by atoms with Crippen LogP contribution in [0.5, 0.6) is 0 Å². The number of carbonyl (C=O) groups is 2. The molecule has 0 aliphatic carbocycles. The number of amides is 2. The molecule has 24 heavy (non-hydrogen) atoms. The number of carbonyl (C=O) groups excluding carboxylic acids is 2. The van der Waals surface area contributed by atoms with Crippen molar-refractivity contribution < 1.29 is 9.59 Å². The topological polar surface area (TPSA) is 49.4 Å².